The highest BCUT2D eigenvalue weighted by Gasteiger charge is 2.49. The molecule has 1 aliphatic rings. The summed E-state index contributed by atoms with van der Waals surface area (Å²) >= 11 is 0. The first-order valence-corrected chi connectivity index (χ1v) is 5.38. The lowest BCUT2D eigenvalue weighted by Gasteiger charge is -2.44. The van der Waals surface area contributed by atoms with Crippen LogP contribution in [0.2, 0.25) is 0 Å². The molecular weight excluding hydrogens is 226 g/mol. The molecule has 2 N–H and O–H groups in total. The minimum atomic E-state index is -1.12. The van der Waals surface area contributed by atoms with Crippen molar-refractivity contribution in [3.8, 4) is 0 Å². The maximum absolute atomic E-state index is 11.3. The van der Waals surface area contributed by atoms with Gasteiger partial charge in [-0.05, 0) is 19.3 Å². The lowest BCUT2D eigenvalue weighted by Crippen LogP contribution is -2.61. The average Bonchev–Trinajstić information content (AvgIpc) is 2.24. The smallest absolute Gasteiger partial charge is 0.408 e. The van der Waals surface area contributed by atoms with E-state index in [-0.39, 0.29) is 6.61 Å². The van der Waals surface area contributed by atoms with E-state index in [1.54, 1.807) is 0 Å². The number of carbonyl (C=O) groups is 2. The second-order valence-corrected chi connectivity index (χ2v) is 3.93. The largest absolute Gasteiger partial charge is 0.480 e. The normalized spacial score (nSPS) is 18.6. The highest BCUT2D eigenvalue weighted by atomic mass is 16.5. The number of alkyl carbamates (subject to hydrolysis) is 1. The van der Waals surface area contributed by atoms with Gasteiger partial charge in [-0.2, -0.15) is 0 Å². The maximum atomic E-state index is 11.3. The summed E-state index contributed by atoms with van der Waals surface area (Å²) in [5.41, 5.74) is -0.807. The van der Waals surface area contributed by atoms with Gasteiger partial charge in [0.25, 0.3) is 0 Å². The Morgan fingerprint density at radius 2 is 2.24 bits per heavy atom. The Morgan fingerprint density at radius 1 is 1.59 bits per heavy atom. The summed E-state index contributed by atoms with van der Waals surface area (Å²) in [5.74, 6) is -1.12. The minimum absolute atomic E-state index is 0.0398. The highest BCUT2D eigenvalue weighted by molar-refractivity contribution is 5.81. The molecule has 0 radical (unpaired) electrons. The summed E-state index contributed by atoms with van der Waals surface area (Å²) in [6.45, 7) is 3.43. The van der Waals surface area contributed by atoms with Gasteiger partial charge < -0.3 is 19.9 Å². The van der Waals surface area contributed by atoms with E-state index >= 15 is 0 Å². The number of carboxylic acids is 1. The monoisotopic (exact) mass is 243 g/mol. The van der Waals surface area contributed by atoms with Crippen LogP contribution in [-0.4, -0.2) is 42.5 Å². The van der Waals surface area contributed by atoms with Gasteiger partial charge >= 0.3 is 12.1 Å². The van der Waals surface area contributed by atoms with Gasteiger partial charge in [0.1, 0.15) is 6.61 Å². The third-order valence-electron chi connectivity index (χ3n) is 2.97. The quantitative estimate of drug-likeness (QED) is 0.678. The van der Waals surface area contributed by atoms with Crippen LogP contribution in [0.5, 0.6) is 0 Å². The minimum Gasteiger partial charge on any atom is -0.480 e. The van der Waals surface area contributed by atoms with Crippen LogP contribution in [0.1, 0.15) is 19.3 Å². The number of aliphatic carboxylic acids is 1. The molecule has 1 aliphatic carbocycles. The number of carboxylic acid groups (broad SMARTS) is 1. The molecule has 0 aromatic heterocycles. The van der Waals surface area contributed by atoms with E-state index in [1.165, 1.54) is 13.2 Å². The molecule has 6 nitrogen and oxygen atoms in total. The molecule has 1 rings (SSSR count). The van der Waals surface area contributed by atoms with Gasteiger partial charge in [-0.3, -0.25) is 0 Å². The van der Waals surface area contributed by atoms with Gasteiger partial charge in [0.15, 0.2) is 6.04 Å². The van der Waals surface area contributed by atoms with E-state index in [4.69, 9.17) is 14.6 Å². The molecule has 0 aliphatic heterocycles. The van der Waals surface area contributed by atoms with Gasteiger partial charge in [-0.15, -0.1) is 0 Å². The van der Waals surface area contributed by atoms with Crippen LogP contribution in [0.25, 0.3) is 0 Å². The van der Waals surface area contributed by atoms with Crippen LogP contribution in [0.3, 0.4) is 0 Å². The number of ether oxygens (including phenoxy) is 2. The fraction of sp³-hybridized carbons (Fsp3) is 0.636. The Hall–Kier alpha value is -1.56. The second kappa shape index (κ2) is 5.67. The van der Waals surface area contributed by atoms with Crippen molar-refractivity contribution in [3.05, 3.63) is 12.7 Å². The molecule has 1 fully saturated rings. The van der Waals surface area contributed by atoms with Crippen LogP contribution in [-0.2, 0) is 14.3 Å². The molecule has 0 saturated heterocycles. The zero-order chi connectivity index (χ0) is 12.9. The summed E-state index contributed by atoms with van der Waals surface area (Å²) in [4.78, 5) is 22.5. The molecule has 17 heavy (non-hydrogen) atoms. The van der Waals surface area contributed by atoms with Gasteiger partial charge in [0.2, 0.25) is 0 Å². The van der Waals surface area contributed by atoms with Crippen molar-refractivity contribution in [1.29, 1.82) is 0 Å². The number of hydrogen-bond acceptors (Lipinski definition) is 4. The van der Waals surface area contributed by atoms with Crippen LogP contribution in [0, 0.1) is 0 Å². The maximum Gasteiger partial charge on any atom is 0.408 e. The summed E-state index contributed by atoms with van der Waals surface area (Å²) in [5, 5.41) is 11.4. The molecule has 1 saturated carbocycles. The third kappa shape index (κ3) is 2.97. The molecule has 0 bridgehead atoms. The van der Waals surface area contributed by atoms with Gasteiger partial charge in [-0.1, -0.05) is 12.7 Å². The number of methoxy groups -OCH3 is 1. The number of rotatable bonds is 6. The molecular formula is C11H17NO5. The first-order chi connectivity index (χ1) is 8.05. The Balaban J connectivity index is 2.63. The Morgan fingerprint density at radius 3 is 2.59 bits per heavy atom. The SMILES string of the molecule is C=CCOC(=O)NC(C(=O)O)C1(OC)CCC1. The Kier molecular flexibility index (Phi) is 4.51. The first kappa shape index (κ1) is 13.5. The Labute approximate surface area is 99.6 Å². The number of hydrogen-bond donors (Lipinski definition) is 2. The van der Waals surface area contributed by atoms with Crippen LogP contribution < -0.4 is 5.32 Å². The molecule has 96 valence electrons. The van der Waals surface area contributed by atoms with E-state index in [1.807, 2.05) is 0 Å². The standard InChI is InChI=1S/C11H17NO5/c1-3-7-17-10(15)12-8(9(13)14)11(16-2)5-4-6-11/h3,8H,1,4-7H2,2H3,(H,12,15)(H,13,14). The number of nitrogens with one attached hydrogen (secondary N) is 1. The summed E-state index contributed by atoms with van der Waals surface area (Å²) in [6.07, 6.45) is 2.75. The van der Waals surface area contributed by atoms with Crippen LogP contribution >= 0.6 is 0 Å². The van der Waals surface area contributed by atoms with E-state index in [2.05, 4.69) is 11.9 Å². The molecule has 1 amide bonds. The average molecular weight is 243 g/mol. The molecule has 0 aromatic rings. The van der Waals surface area contributed by atoms with Gasteiger partial charge in [0, 0.05) is 7.11 Å². The molecule has 1 atom stereocenters. The van der Waals surface area contributed by atoms with Crippen molar-refractivity contribution in [2.75, 3.05) is 13.7 Å². The van der Waals surface area contributed by atoms with Gasteiger partial charge in [0.05, 0.1) is 5.60 Å². The zero-order valence-electron chi connectivity index (χ0n) is 9.77. The van der Waals surface area contributed by atoms with Crippen molar-refractivity contribution in [2.45, 2.75) is 30.9 Å². The Bertz CT molecular complexity index is 305. The molecule has 0 aromatic carbocycles. The van der Waals surface area contributed by atoms with E-state index in [9.17, 15) is 9.59 Å². The highest BCUT2D eigenvalue weighted by Crippen LogP contribution is 2.38. The topological polar surface area (TPSA) is 84.9 Å². The molecule has 1 unspecified atom stereocenters. The lowest BCUT2D eigenvalue weighted by molar-refractivity contribution is -0.157. The van der Waals surface area contributed by atoms with Crippen LogP contribution in [0.15, 0.2) is 12.7 Å². The predicted molar refractivity (Wildman–Crippen MR) is 59.7 cm³/mol. The molecule has 6 heteroatoms. The van der Waals surface area contributed by atoms with E-state index in [0.717, 1.165) is 6.42 Å². The molecule has 0 heterocycles. The zero-order valence-corrected chi connectivity index (χ0v) is 9.77. The first-order valence-electron chi connectivity index (χ1n) is 5.38. The number of carbonyl (C=O) groups excluding carboxylic acids is 1. The van der Waals surface area contributed by atoms with Crippen molar-refractivity contribution < 1.29 is 24.2 Å². The van der Waals surface area contributed by atoms with E-state index < -0.39 is 23.7 Å². The predicted octanol–water partition coefficient (Wildman–Crippen LogP) is 0.921. The van der Waals surface area contributed by atoms with Crippen molar-refractivity contribution in [1.82, 2.24) is 5.32 Å². The fourth-order valence-electron chi connectivity index (χ4n) is 1.85. The van der Waals surface area contributed by atoms with Gasteiger partial charge in [-0.25, -0.2) is 9.59 Å². The van der Waals surface area contributed by atoms with Crippen molar-refractivity contribution in [3.63, 3.8) is 0 Å². The lowest BCUT2D eigenvalue weighted by atomic mass is 9.74. The van der Waals surface area contributed by atoms with Crippen LogP contribution in [0.4, 0.5) is 4.79 Å². The van der Waals surface area contributed by atoms with Crippen molar-refractivity contribution >= 4 is 12.1 Å². The second-order valence-electron chi connectivity index (χ2n) is 3.93. The van der Waals surface area contributed by atoms with E-state index in [0.29, 0.717) is 12.8 Å². The third-order valence-corrected chi connectivity index (χ3v) is 2.97. The van der Waals surface area contributed by atoms with Crippen molar-refractivity contribution in [2.24, 2.45) is 0 Å². The molecule has 0 spiro atoms. The summed E-state index contributed by atoms with van der Waals surface area (Å²) in [6, 6.07) is -1.08. The summed E-state index contributed by atoms with van der Waals surface area (Å²) < 4.78 is 9.92. The fourth-order valence-corrected chi connectivity index (χ4v) is 1.85. The number of amides is 1. The summed E-state index contributed by atoms with van der Waals surface area (Å²) in [7, 11) is 1.45.